The Labute approximate surface area is 121 Å². The molecule has 2 nitrogen and oxygen atoms in total. The van der Waals surface area contributed by atoms with Crippen molar-refractivity contribution in [3.63, 3.8) is 0 Å². The average molecular weight is 279 g/mol. The van der Waals surface area contributed by atoms with Gasteiger partial charge < -0.3 is 10.1 Å². The second kappa shape index (κ2) is 7.19. The highest BCUT2D eigenvalue weighted by Crippen LogP contribution is 2.33. The van der Waals surface area contributed by atoms with Gasteiger partial charge in [0.1, 0.15) is 5.82 Å². The van der Waals surface area contributed by atoms with Crippen LogP contribution in [-0.2, 0) is 11.2 Å². The van der Waals surface area contributed by atoms with Crippen LogP contribution in [0.2, 0.25) is 0 Å². The van der Waals surface area contributed by atoms with E-state index in [1.807, 2.05) is 6.07 Å². The first-order valence-corrected chi connectivity index (χ1v) is 7.69. The van der Waals surface area contributed by atoms with Crippen LogP contribution in [0.15, 0.2) is 18.2 Å². The predicted molar refractivity (Wildman–Crippen MR) is 80.5 cm³/mol. The smallest absolute Gasteiger partial charge is 0.123 e. The molecule has 112 valence electrons. The molecule has 1 heterocycles. The lowest BCUT2D eigenvalue weighted by atomic mass is 9.76. The fourth-order valence-corrected chi connectivity index (χ4v) is 3.02. The van der Waals surface area contributed by atoms with Gasteiger partial charge in [-0.25, -0.2) is 4.39 Å². The molecule has 1 aromatic carbocycles. The molecule has 1 aromatic rings. The molecule has 1 N–H and O–H groups in total. The zero-order valence-electron chi connectivity index (χ0n) is 12.7. The lowest BCUT2D eigenvalue weighted by molar-refractivity contribution is -0.00716. The van der Waals surface area contributed by atoms with E-state index >= 15 is 0 Å². The highest BCUT2D eigenvalue weighted by Gasteiger charge is 2.33. The maximum absolute atomic E-state index is 13.5. The summed E-state index contributed by atoms with van der Waals surface area (Å²) in [5.74, 6) is -0.140. The Morgan fingerprint density at radius 2 is 2.25 bits per heavy atom. The van der Waals surface area contributed by atoms with Gasteiger partial charge in [0.2, 0.25) is 0 Å². The Hall–Kier alpha value is -0.930. The number of hydrogen-bond donors (Lipinski definition) is 1. The van der Waals surface area contributed by atoms with Crippen LogP contribution < -0.4 is 5.32 Å². The van der Waals surface area contributed by atoms with Gasteiger partial charge >= 0.3 is 0 Å². The van der Waals surface area contributed by atoms with Gasteiger partial charge in [-0.05, 0) is 62.4 Å². The van der Waals surface area contributed by atoms with Gasteiger partial charge in [-0.3, -0.25) is 0 Å². The third-order valence-electron chi connectivity index (χ3n) is 4.21. The van der Waals surface area contributed by atoms with Crippen molar-refractivity contribution in [2.75, 3.05) is 26.3 Å². The van der Waals surface area contributed by atoms with Crippen molar-refractivity contribution in [2.24, 2.45) is 5.41 Å². The quantitative estimate of drug-likeness (QED) is 0.805. The second-order valence-corrected chi connectivity index (χ2v) is 6.08. The van der Waals surface area contributed by atoms with Crippen molar-refractivity contribution in [3.05, 3.63) is 35.1 Å². The van der Waals surface area contributed by atoms with Crippen LogP contribution in [0.25, 0.3) is 0 Å². The van der Waals surface area contributed by atoms with Crippen molar-refractivity contribution in [1.29, 1.82) is 0 Å². The monoisotopic (exact) mass is 279 g/mol. The summed E-state index contributed by atoms with van der Waals surface area (Å²) < 4.78 is 19.2. The van der Waals surface area contributed by atoms with Crippen molar-refractivity contribution in [1.82, 2.24) is 5.32 Å². The molecule has 0 aromatic heterocycles. The largest absolute Gasteiger partial charge is 0.381 e. The third kappa shape index (κ3) is 4.03. The summed E-state index contributed by atoms with van der Waals surface area (Å²) in [7, 11) is 0. The SMILES string of the molecule is CCCNCC1(Cc2cc(F)ccc2C)CCCOC1. The summed E-state index contributed by atoms with van der Waals surface area (Å²) >= 11 is 0. The van der Waals surface area contributed by atoms with Crippen LogP contribution in [0.4, 0.5) is 4.39 Å². The normalized spacial score (nSPS) is 22.9. The molecular formula is C17H26FNO. The zero-order valence-corrected chi connectivity index (χ0v) is 12.7. The van der Waals surface area contributed by atoms with Gasteiger partial charge in [0.25, 0.3) is 0 Å². The Balaban J connectivity index is 2.12. The Morgan fingerprint density at radius 1 is 1.40 bits per heavy atom. The maximum Gasteiger partial charge on any atom is 0.123 e. The highest BCUT2D eigenvalue weighted by atomic mass is 19.1. The van der Waals surface area contributed by atoms with E-state index in [1.54, 1.807) is 6.07 Å². The molecule has 0 amide bonds. The summed E-state index contributed by atoms with van der Waals surface area (Å²) in [6, 6.07) is 5.10. The lowest BCUT2D eigenvalue weighted by Crippen LogP contribution is -2.43. The minimum atomic E-state index is -0.140. The molecule has 0 saturated carbocycles. The van der Waals surface area contributed by atoms with Gasteiger partial charge in [0.15, 0.2) is 0 Å². The van der Waals surface area contributed by atoms with Gasteiger partial charge in [-0.15, -0.1) is 0 Å². The van der Waals surface area contributed by atoms with Gasteiger partial charge in [-0.1, -0.05) is 13.0 Å². The van der Waals surface area contributed by atoms with Crippen LogP contribution in [0.1, 0.15) is 37.3 Å². The van der Waals surface area contributed by atoms with Crippen molar-refractivity contribution in [2.45, 2.75) is 39.5 Å². The number of nitrogens with one attached hydrogen (secondary N) is 1. The van der Waals surface area contributed by atoms with E-state index in [9.17, 15) is 4.39 Å². The van der Waals surface area contributed by atoms with E-state index in [0.29, 0.717) is 0 Å². The summed E-state index contributed by atoms with van der Waals surface area (Å²) in [5, 5.41) is 3.53. The molecule has 0 spiro atoms. The molecule has 0 bridgehead atoms. The van der Waals surface area contributed by atoms with Crippen molar-refractivity contribution < 1.29 is 9.13 Å². The van der Waals surface area contributed by atoms with E-state index in [0.717, 1.165) is 57.6 Å². The van der Waals surface area contributed by atoms with E-state index in [-0.39, 0.29) is 11.2 Å². The maximum atomic E-state index is 13.5. The fraction of sp³-hybridized carbons (Fsp3) is 0.647. The molecule has 1 aliphatic heterocycles. The van der Waals surface area contributed by atoms with E-state index in [1.165, 1.54) is 11.6 Å². The molecule has 1 aliphatic rings. The zero-order chi connectivity index (χ0) is 14.4. The fourth-order valence-electron chi connectivity index (χ4n) is 3.02. The van der Waals surface area contributed by atoms with Crippen LogP contribution in [0.3, 0.4) is 0 Å². The van der Waals surface area contributed by atoms with Crippen LogP contribution in [0.5, 0.6) is 0 Å². The van der Waals surface area contributed by atoms with Crippen LogP contribution in [0, 0.1) is 18.2 Å². The molecule has 3 heteroatoms. The number of rotatable bonds is 6. The molecule has 20 heavy (non-hydrogen) atoms. The molecule has 2 rings (SSSR count). The van der Waals surface area contributed by atoms with E-state index < -0.39 is 0 Å². The minimum absolute atomic E-state index is 0.117. The summed E-state index contributed by atoms with van der Waals surface area (Å²) in [6.07, 6.45) is 4.28. The predicted octanol–water partition coefficient (Wildman–Crippen LogP) is 3.47. The molecule has 0 radical (unpaired) electrons. The standard InChI is InChI=1S/C17H26FNO/c1-3-8-19-12-17(7-4-9-20-13-17)11-15-10-16(18)6-5-14(15)2/h5-6,10,19H,3-4,7-9,11-13H2,1-2H3. The number of hydrogen-bond acceptors (Lipinski definition) is 2. The van der Waals surface area contributed by atoms with E-state index in [2.05, 4.69) is 19.2 Å². The number of halogens is 1. The summed E-state index contributed by atoms with van der Waals surface area (Å²) in [6.45, 7) is 7.86. The van der Waals surface area contributed by atoms with Crippen LogP contribution >= 0.6 is 0 Å². The topological polar surface area (TPSA) is 21.3 Å². The van der Waals surface area contributed by atoms with Crippen LogP contribution in [-0.4, -0.2) is 26.3 Å². The first-order valence-electron chi connectivity index (χ1n) is 7.69. The molecule has 1 fully saturated rings. The van der Waals surface area contributed by atoms with E-state index in [4.69, 9.17) is 4.74 Å². The first-order chi connectivity index (χ1) is 9.65. The number of benzene rings is 1. The summed E-state index contributed by atoms with van der Waals surface area (Å²) in [4.78, 5) is 0. The van der Waals surface area contributed by atoms with Gasteiger partial charge in [0, 0.05) is 18.6 Å². The molecule has 1 atom stereocenters. The Bertz CT molecular complexity index is 427. The van der Waals surface area contributed by atoms with Gasteiger partial charge in [0.05, 0.1) is 6.61 Å². The number of aryl methyl sites for hydroxylation is 1. The van der Waals surface area contributed by atoms with Crippen molar-refractivity contribution in [3.8, 4) is 0 Å². The molecular weight excluding hydrogens is 253 g/mol. The first kappa shape index (κ1) is 15.5. The van der Waals surface area contributed by atoms with Gasteiger partial charge in [-0.2, -0.15) is 0 Å². The molecule has 1 saturated heterocycles. The summed E-state index contributed by atoms with van der Waals surface area (Å²) in [5.41, 5.74) is 2.41. The lowest BCUT2D eigenvalue weighted by Gasteiger charge is -2.38. The molecule has 0 aliphatic carbocycles. The Kier molecular flexibility index (Phi) is 5.55. The minimum Gasteiger partial charge on any atom is -0.381 e. The second-order valence-electron chi connectivity index (χ2n) is 6.08. The van der Waals surface area contributed by atoms with Crippen molar-refractivity contribution >= 4 is 0 Å². The third-order valence-corrected chi connectivity index (χ3v) is 4.21. The molecule has 1 unspecified atom stereocenters. The highest BCUT2D eigenvalue weighted by molar-refractivity contribution is 5.28. The number of ether oxygens (including phenoxy) is 1. The Morgan fingerprint density at radius 3 is 2.95 bits per heavy atom. The average Bonchev–Trinajstić information content (AvgIpc) is 2.44.